The minimum absolute atomic E-state index is 0.0666. The Morgan fingerprint density at radius 2 is 2.47 bits per heavy atom. The summed E-state index contributed by atoms with van der Waals surface area (Å²) in [5.74, 6) is 1.72. The van der Waals surface area contributed by atoms with Gasteiger partial charge >= 0.3 is 0 Å². The lowest BCUT2D eigenvalue weighted by Gasteiger charge is -2.32. The van der Waals surface area contributed by atoms with Gasteiger partial charge in [0.05, 0.1) is 5.56 Å². The third kappa shape index (κ3) is 3.42. The van der Waals surface area contributed by atoms with Crippen molar-refractivity contribution < 1.29 is 4.79 Å². The predicted octanol–water partition coefficient (Wildman–Crippen LogP) is 2.85. The molecule has 104 valence electrons. The first-order valence-corrected chi connectivity index (χ1v) is 8.24. The van der Waals surface area contributed by atoms with Crippen LogP contribution in [0.25, 0.3) is 0 Å². The molecule has 0 aromatic carbocycles. The first-order chi connectivity index (χ1) is 9.15. The third-order valence-electron chi connectivity index (χ3n) is 3.20. The van der Waals surface area contributed by atoms with Gasteiger partial charge in [-0.3, -0.25) is 4.79 Å². The van der Waals surface area contributed by atoms with E-state index < -0.39 is 0 Å². The maximum atomic E-state index is 12.6. The Kier molecular flexibility index (Phi) is 5.10. The van der Waals surface area contributed by atoms with Gasteiger partial charge in [-0.15, -0.1) is 0 Å². The minimum atomic E-state index is 0.0666. The van der Waals surface area contributed by atoms with Crippen molar-refractivity contribution >= 4 is 39.4 Å². The Balaban J connectivity index is 2.21. The molecular formula is C13H18BrN3OS. The maximum Gasteiger partial charge on any atom is 0.257 e. The average molecular weight is 344 g/mol. The summed E-state index contributed by atoms with van der Waals surface area (Å²) in [6, 6.07) is 1.84. The van der Waals surface area contributed by atoms with Gasteiger partial charge < -0.3 is 10.2 Å². The summed E-state index contributed by atoms with van der Waals surface area (Å²) in [5.41, 5.74) is 0.638. The number of thioether (sulfide) groups is 1. The quantitative estimate of drug-likeness (QED) is 0.916. The number of carbonyl (C=O) groups is 1. The van der Waals surface area contributed by atoms with Crippen LogP contribution in [-0.4, -0.2) is 46.9 Å². The SMILES string of the molecule is CCC1CN(C(=O)c2cc(Br)cnc2NC)CCS1. The highest BCUT2D eigenvalue weighted by Crippen LogP contribution is 2.25. The summed E-state index contributed by atoms with van der Waals surface area (Å²) >= 11 is 5.34. The van der Waals surface area contributed by atoms with Gasteiger partial charge in [-0.05, 0) is 28.4 Å². The Bertz CT molecular complexity index is 469. The Morgan fingerprint density at radius 3 is 3.16 bits per heavy atom. The van der Waals surface area contributed by atoms with Crippen molar-refractivity contribution in [1.29, 1.82) is 0 Å². The van der Waals surface area contributed by atoms with Crippen LogP contribution in [0.3, 0.4) is 0 Å². The summed E-state index contributed by atoms with van der Waals surface area (Å²) in [4.78, 5) is 18.8. The fourth-order valence-electron chi connectivity index (χ4n) is 2.12. The monoisotopic (exact) mass is 343 g/mol. The number of nitrogens with zero attached hydrogens (tertiary/aromatic N) is 2. The van der Waals surface area contributed by atoms with Crippen LogP contribution in [0, 0.1) is 0 Å². The number of rotatable bonds is 3. The zero-order valence-electron chi connectivity index (χ0n) is 11.1. The van der Waals surface area contributed by atoms with Gasteiger partial charge in [0.15, 0.2) is 0 Å². The number of halogens is 1. The summed E-state index contributed by atoms with van der Waals surface area (Å²) in [5, 5.41) is 3.54. The molecule has 0 bridgehead atoms. The molecule has 2 heterocycles. The lowest BCUT2D eigenvalue weighted by molar-refractivity contribution is 0.0761. The highest BCUT2D eigenvalue weighted by atomic mass is 79.9. The van der Waals surface area contributed by atoms with Crippen molar-refractivity contribution in [1.82, 2.24) is 9.88 Å². The zero-order valence-corrected chi connectivity index (χ0v) is 13.6. The maximum absolute atomic E-state index is 12.6. The van der Waals surface area contributed by atoms with Gasteiger partial charge in [-0.25, -0.2) is 4.98 Å². The Labute approximate surface area is 126 Å². The van der Waals surface area contributed by atoms with Crippen LogP contribution >= 0.6 is 27.7 Å². The topological polar surface area (TPSA) is 45.2 Å². The van der Waals surface area contributed by atoms with E-state index >= 15 is 0 Å². The van der Waals surface area contributed by atoms with Gasteiger partial charge in [0.25, 0.3) is 5.91 Å². The van der Waals surface area contributed by atoms with Crippen LogP contribution < -0.4 is 5.32 Å². The molecule has 0 saturated carbocycles. The minimum Gasteiger partial charge on any atom is -0.372 e. The van der Waals surface area contributed by atoms with E-state index in [4.69, 9.17) is 0 Å². The molecule has 0 aliphatic carbocycles. The molecule has 1 saturated heterocycles. The second kappa shape index (κ2) is 6.61. The summed E-state index contributed by atoms with van der Waals surface area (Å²) in [6.45, 7) is 3.82. The molecule has 1 N–H and O–H groups in total. The molecule has 0 radical (unpaired) electrons. The van der Waals surface area contributed by atoms with E-state index in [2.05, 4.69) is 33.2 Å². The Morgan fingerprint density at radius 1 is 1.68 bits per heavy atom. The molecule has 1 amide bonds. The summed E-state index contributed by atoms with van der Waals surface area (Å²) in [7, 11) is 1.79. The molecular weight excluding hydrogens is 326 g/mol. The summed E-state index contributed by atoms with van der Waals surface area (Å²) in [6.07, 6.45) is 2.80. The van der Waals surface area contributed by atoms with Crippen molar-refractivity contribution in [2.24, 2.45) is 0 Å². The number of amides is 1. The fraction of sp³-hybridized carbons (Fsp3) is 0.538. The van der Waals surface area contributed by atoms with E-state index in [-0.39, 0.29) is 5.91 Å². The van der Waals surface area contributed by atoms with Crippen molar-refractivity contribution in [2.45, 2.75) is 18.6 Å². The van der Waals surface area contributed by atoms with Gasteiger partial charge in [0, 0.05) is 41.8 Å². The van der Waals surface area contributed by atoms with Crippen LogP contribution in [0.5, 0.6) is 0 Å². The normalized spacial score (nSPS) is 19.3. The fourth-order valence-corrected chi connectivity index (χ4v) is 3.63. The number of pyridine rings is 1. The van der Waals surface area contributed by atoms with E-state index in [9.17, 15) is 4.79 Å². The molecule has 4 nitrogen and oxygen atoms in total. The first kappa shape index (κ1) is 14.7. The Hall–Kier alpha value is -0.750. The molecule has 0 spiro atoms. The van der Waals surface area contributed by atoms with Crippen LogP contribution in [0.4, 0.5) is 5.82 Å². The number of anilines is 1. The van der Waals surface area contributed by atoms with Crippen LogP contribution in [0.15, 0.2) is 16.7 Å². The van der Waals surface area contributed by atoms with Gasteiger partial charge in [-0.2, -0.15) is 11.8 Å². The molecule has 19 heavy (non-hydrogen) atoms. The van der Waals surface area contributed by atoms with Gasteiger partial charge in [0.2, 0.25) is 0 Å². The van der Waals surface area contributed by atoms with E-state index in [0.717, 1.165) is 29.7 Å². The molecule has 1 aromatic rings. The van der Waals surface area contributed by atoms with Gasteiger partial charge in [0.1, 0.15) is 5.82 Å². The smallest absolute Gasteiger partial charge is 0.257 e. The van der Waals surface area contributed by atoms with Gasteiger partial charge in [-0.1, -0.05) is 6.92 Å². The van der Waals surface area contributed by atoms with Crippen molar-refractivity contribution in [2.75, 3.05) is 31.2 Å². The molecule has 1 fully saturated rings. The molecule has 1 aromatic heterocycles. The van der Waals surface area contributed by atoms with Crippen molar-refractivity contribution in [3.63, 3.8) is 0 Å². The van der Waals surface area contributed by atoms with E-state index in [1.807, 2.05) is 22.7 Å². The highest BCUT2D eigenvalue weighted by Gasteiger charge is 2.25. The predicted molar refractivity (Wildman–Crippen MR) is 83.9 cm³/mol. The zero-order chi connectivity index (χ0) is 13.8. The van der Waals surface area contributed by atoms with Crippen LogP contribution in [0.1, 0.15) is 23.7 Å². The highest BCUT2D eigenvalue weighted by molar-refractivity contribution is 9.10. The largest absolute Gasteiger partial charge is 0.372 e. The number of hydrogen-bond acceptors (Lipinski definition) is 4. The van der Waals surface area contributed by atoms with Crippen LogP contribution in [0.2, 0.25) is 0 Å². The number of carbonyl (C=O) groups excluding carboxylic acids is 1. The van der Waals surface area contributed by atoms with Crippen molar-refractivity contribution in [3.05, 3.63) is 22.3 Å². The molecule has 1 aliphatic rings. The second-order valence-electron chi connectivity index (χ2n) is 4.45. The van der Waals surface area contributed by atoms with Crippen LogP contribution in [-0.2, 0) is 0 Å². The lowest BCUT2D eigenvalue weighted by Crippen LogP contribution is -2.42. The molecule has 1 unspecified atom stereocenters. The molecule has 2 rings (SSSR count). The number of aromatic nitrogens is 1. The first-order valence-electron chi connectivity index (χ1n) is 6.39. The van der Waals surface area contributed by atoms with E-state index in [1.54, 1.807) is 13.2 Å². The number of nitrogens with one attached hydrogen (secondary N) is 1. The number of hydrogen-bond donors (Lipinski definition) is 1. The molecule has 6 heteroatoms. The molecule has 1 aliphatic heterocycles. The molecule has 1 atom stereocenters. The lowest BCUT2D eigenvalue weighted by atomic mass is 10.2. The summed E-state index contributed by atoms with van der Waals surface area (Å²) < 4.78 is 0.827. The van der Waals surface area contributed by atoms with E-state index in [1.165, 1.54) is 0 Å². The average Bonchev–Trinajstić information content (AvgIpc) is 2.46. The second-order valence-corrected chi connectivity index (χ2v) is 6.78. The third-order valence-corrected chi connectivity index (χ3v) is 5.01. The standard InChI is InChI=1S/C13H18BrN3OS/c1-3-10-8-17(4-5-19-10)13(18)11-6-9(14)7-16-12(11)15-2/h6-7,10H,3-5,8H2,1-2H3,(H,15,16). The van der Waals surface area contributed by atoms with E-state index in [0.29, 0.717) is 16.6 Å². The van der Waals surface area contributed by atoms with Crippen molar-refractivity contribution in [3.8, 4) is 0 Å².